The average molecular weight is 505 g/mol. The molecule has 3 atom stereocenters. The molecule has 1 heterocycles. The minimum atomic E-state index is -0.734. The van der Waals surface area contributed by atoms with E-state index in [1.54, 1.807) is 49.4 Å². The van der Waals surface area contributed by atoms with Crippen LogP contribution in [0.15, 0.2) is 48.0 Å². The lowest BCUT2D eigenvalue weighted by Gasteiger charge is -2.35. The molecule has 4 amide bonds. The Balaban J connectivity index is 1.38. The molecule has 37 heavy (non-hydrogen) atoms. The van der Waals surface area contributed by atoms with Gasteiger partial charge in [0.25, 0.3) is 11.8 Å². The van der Waals surface area contributed by atoms with Gasteiger partial charge in [0.15, 0.2) is 11.5 Å². The first kappa shape index (κ1) is 24.5. The number of hydrogen-bond acceptors (Lipinski definition) is 7. The van der Waals surface area contributed by atoms with Crippen molar-refractivity contribution < 1.29 is 33.4 Å². The zero-order valence-corrected chi connectivity index (χ0v) is 20.7. The molecule has 9 nitrogen and oxygen atoms in total. The van der Waals surface area contributed by atoms with E-state index >= 15 is 0 Å². The van der Waals surface area contributed by atoms with E-state index in [0.717, 1.165) is 25.7 Å². The number of hydrogen-bond donors (Lipinski definition) is 1. The van der Waals surface area contributed by atoms with E-state index < -0.39 is 23.8 Å². The Morgan fingerprint density at radius 1 is 1.05 bits per heavy atom. The molecule has 1 N–H and O–H groups in total. The van der Waals surface area contributed by atoms with Crippen molar-refractivity contribution >= 4 is 29.9 Å². The number of barbiturate groups is 1. The van der Waals surface area contributed by atoms with E-state index in [9.17, 15) is 19.2 Å². The van der Waals surface area contributed by atoms with Gasteiger partial charge in [0, 0.05) is 6.04 Å². The molecule has 3 fully saturated rings. The number of urea groups is 1. The van der Waals surface area contributed by atoms with Crippen molar-refractivity contribution in [2.24, 2.45) is 11.8 Å². The van der Waals surface area contributed by atoms with Gasteiger partial charge in [0.2, 0.25) is 0 Å². The predicted molar refractivity (Wildman–Crippen MR) is 133 cm³/mol. The molecule has 1 aliphatic heterocycles. The average Bonchev–Trinajstić information content (AvgIpc) is 3.52. The second kappa shape index (κ2) is 10.1. The van der Waals surface area contributed by atoms with Gasteiger partial charge < -0.3 is 14.2 Å². The molecule has 0 unspecified atom stereocenters. The van der Waals surface area contributed by atoms with Crippen molar-refractivity contribution in [2.45, 2.75) is 38.6 Å². The molecule has 2 aromatic carbocycles. The molecule has 0 radical (unpaired) electrons. The van der Waals surface area contributed by atoms with Crippen LogP contribution in [0.25, 0.3) is 6.08 Å². The van der Waals surface area contributed by atoms with Crippen LogP contribution in [-0.4, -0.2) is 48.5 Å². The molecule has 2 bridgehead atoms. The molecule has 3 aliphatic rings. The monoisotopic (exact) mass is 504 g/mol. The van der Waals surface area contributed by atoms with Crippen molar-refractivity contribution in [2.75, 3.05) is 13.7 Å². The van der Waals surface area contributed by atoms with E-state index in [1.165, 1.54) is 18.1 Å². The lowest BCUT2D eigenvalue weighted by molar-refractivity contribution is -0.132. The third-order valence-corrected chi connectivity index (χ3v) is 7.27. The molecule has 0 aromatic heterocycles. The Labute approximate surface area is 214 Å². The van der Waals surface area contributed by atoms with Gasteiger partial charge in [-0.05, 0) is 86.1 Å². The molecule has 1 saturated heterocycles. The summed E-state index contributed by atoms with van der Waals surface area (Å²) in [6.45, 7) is 2.09. The van der Waals surface area contributed by atoms with Crippen LogP contribution >= 0.6 is 0 Å². The molecule has 0 spiro atoms. The summed E-state index contributed by atoms with van der Waals surface area (Å²) in [7, 11) is 1.54. The first-order valence-corrected chi connectivity index (χ1v) is 12.4. The van der Waals surface area contributed by atoms with Gasteiger partial charge in [-0.25, -0.2) is 9.59 Å². The number of carbonyl (C=O) groups excluding carboxylic acids is 4. The molecule has 2 saturated carbocycles. The fourth-order valence-electron chi connectivity index (χ4n) is 5.52. The maximum absolute atomic E-state index is 13.3. The minimum absolute atomic E-state index is 0.118. The SMILES string of the molecule is CCOc1cc(/C=C2\C(=O)NC(=O)N([C@@H]3C[C@H]4CC[C@H]3C4)C2=O)ccc1OC(=O)c1ccc(OC)cc1. The van der Waals surface area contributed by atoms with Crippen molar-refractivity contribution in [3.8, 4) is 17.2 Å². The first-order valence-electron chi connectivity index (χ1n) is 12.4. The summed E-state index contributed by atoms with van der Waals surface area (Å²) in [5.74, 6) is 0.0246. The summed E-state index contributed by atoms with van der Waals surface area (Å²) in [5, 5.41) is 2.32. The second-order valence-electron chi connectivity index (χ2n) is 9.49. The number of ether oxygens (including phenoxy) is 3. The van der Waals surface area contributed by atoms with Crippen LogP contribution < -0.4 is 19.5 Å². The number of benzene rings is 2. The molecular weight excluding hydrogens is 476 g/mol. The van der Waals surface area contributed by atoms with Crippen molar-refractivity contribution in [1.29, 1.82) is 0 Å². The van der Waals surface area contributed by atoms with Gasteiger partial charge in [0.05, 0.1) is 19.3 Å². The van der Waals surface area contributed by atoms with E-state index in [1.807, 2.05) is 0 Å². The van der Waals surface area contributed by atoms with E-state index in [-0.39, 0.29) is 23.1 Å². The highest BCUT2D eigenvalue weighted by Gasteiger charge is 2.49. The Kier molecular flexibility index (Phi) is 6.69. The largest absolute Gasteiger partial charge is 0.497 e. The number of imide groups is 2. The standard InChI is InChI=1S/C28H28N2O7/c1-3-36-24-15-17(5-11-23(24)37-27(33)18-7-9-20(35-2)10-8-18)13-21-25(31)29-28(34)30(26(21)32)22-14-16-4-6-19(22)12-16/h5,7-11,13,15-16,19,22H,3-4,6,12,14H2,1-2H3,(H,29,31,34)/b21-13+/t16-,19-,22+/m0/s1. The number of carbonyl (C=O) groups is 4. The maximum Gasteiger partial charge on any atom is 0.343 e. The molecular formula is C28H28N2O7. The third-order valence-electron chi connectivity index (χ3n) is 7.27. The van der Waals surface area contributed by atoms with Gasteiger partial charge in [-0.1, -0.05) is 12.5 Å². The molecule has 2 aliphatic carbocycles. The van der Waals surface area contributed by atoms with Crippen LogP contribution in [-0.2, 0) is 9.59 Å². The van der Waals surface area contributed by atoms with Gasteiger partial charge in [-0.2, -0.15) is 0 Å². The van der Waals surface area contributed by atoms with Crippen LogP contribution in [0.2, 0.25) is 0 Å². The van der Waals surface area contributed by atoms with E-state index in [0.29, 0.717) is 35.3 Å². The molecule has 9 heteroatoms. The van der Waals surface area contributed by atoms with Gasteiger partial charge >= 0.3 is 12.0 Å². The third kappa shape index (κ3) is 4.81. The topological polar surface area (TPSA) is 111 Å². The highest BCUT2D eigenvalue weighted by Crippen LogP contribution is 2.47. The zero-order valence-electron chi connectivity index (χ0n) is 20.7. The predicted octanol–water partition coefficient (Wildman–Crippen LogP) is 3.96. The van der Waals surface area contributed by atoms with Crippen LogP contribution in [0, 0.1) is 11.8 Å². The summed E-state index contributed by atoms with van der Waals surface area (Å²) in [5.41, 5.74) is 0.713. The van der Waals surface area contributed by atoms with Crippen molar-refractivity contribution in [1.82, 2.24) is 10.2 Å². The van der Waals surface area contributed by atoms with Crippen LogP contribution in [0.3, 0.4) is 0 Å². The fourth-order valence-corrected chi connectivity index (χ4v) is 5.52. The number of amides is 4. The summed E-state index contributed by atoms with van der Waals surface area (Å²) >= 11 is 0. The number of fused-ring (bicyclic) bond motifs is 2. The molecule has 2 aromatic rings. The van der Waals surface area contributed by atoms with Crippen molar-refractivity contribution in [3.63, 3.8) is 0 Å². The Morgan fingerprint density at radius 3 is 2.49 bits per heavy atom. The van der Waals surface area contributed by atoms with E-state index in [2.05, 4.69) is 5.32 Å². The van der Waals surface area contributed by atoms with Gasteiger partial charge in [-0.3, -0.25) is 19.8 Å². The summed E-state index contributed by atoms with van der Waals surface area (Å²) in [6, 6.07) is 10.4. The minimum Gasteiger partial charge on any atom is -0.497 e. The normalized spacial score (nSPS) is 23.8. The summed E-state index contributed by atoms with van der Waals surface area (Å²) in [4.78, 5) is 52.4. The van der Waals surface area contributed by atoms with Crippen LogP contribution in [0.4, 0.5) is 4.79 Å². The Bertz CT molecular complexity index is 1280. The first-order chi connectivity index (χ1) is 17.9. The summed E-state index contributed by atoms with van der Waals surface area (Å²) in [6.07, 6.45) is 5.36. The van der Waals surface area contributed by atoms with Crippen LogP contribution in [0.5, 0.6) is 17.2 Å². The smallest absolute Gasteiger partial charge is 0.343 e. The Hall–Kier alpha value is -4.14. The van der Waals surface area contributed by atoms with Gasteiger partial charge in [-0.15, -0.1) is 0 Å². The lowest BCUT2D eigenvalue weighted by Crippen LogP contribution is -2.58. The quantitative estimate of drug-likeness (QED) is 0.263. The van der Waals surface area contributed by atoms with Crippen molar-refractivity contribution in [3.05, 3.63) is 59.2 Å². The fraction of sp³-hybridized carbons (Fsp3) is 0.357. The van der Waals surface area contributed by atoms with Crippen LogP contribution in [0.1, 0.15) is 48.5 Å². The number of nitrogens with zero attached hydrogens (tertiary/aromatic N) is 1. The highest BCUT2D eigenvalue weighted by atomic mass is 16.6. The molecule has 5 rings (SSSR count). The highest BCUT2D eigenvalue weighted by molar-refractivity contribution is 6.31. The number of rotatable bonds is 7. The maximum atomic E-state index is 13.3. The molecule has 192 valence electrons. The second-order valence-corrected chi connectivity index (χ2v) is 9.49. The number of nitrogens with one attached hydrogen (secondary N) is 1. The van der Waals surface area contributed by atoms with E-state index in [4.69, 9.17) is 14.2 Å². The lowest BCUT2D eigenvalue weighted by atomic mass is 9.93. The zero-order chi connectivity index (χ0) is 26.1. The Morgan fingerprint density at radius 2 is 1.84 bits per heavy atom. The number of esters is 1. The van der Waals surface area contributed by atoms with Gasteiger partial charge in [0.1, 0.15) is 11.3 Å². The summed E-state index contributed by atoms with van der Waals surface area (Å²) < 4.78 is 16.3. The number of methoxy groups -OCH3 is 1.